The lowest BCUT2D eigenvalue weighted by Gasteiger charge is -2.21. The van der Waals surface area contributed by atoms with Gasteiger partial charge < -0.3 is 18.8 Å². The third-order valence-corrected chi connectivity index (χ3v) is 6.23. The molecule has 7 heteroatoms. The van der Waals surface area contributed by atoms with Crippen molar-refractivity contribution in [3.8, 4) is 11.8 Å². The van der Waals surface area contributed by atoms with Gasteiger partial charge in [0.1, 0.15) is 17.4 Å². The van der Waals surface area contributed by atoms with Crippen molar-refractivity contribution in [1.82, 2.24) is 9.88 Å². The van der Waals surface area contributed by atoms with Gasteiger partial charge in [0.25, 0.3) is 0 Å². The number of ketones is 1. The summed E-state index contributed by atoms with van der Waals surface area (Å²) in [6, 6.07) is 7.95. The molecule has 2 heterocycles. The van der Waals surface area contributed by atoms with Gasteiger partial charge in [-0.2, -0.15) is 5.26 Å². The number of carbonyl (C=O) groups excluding carboxylic acids is 1. The first-order valence-electron chi connectivity index (χ1n) is 9.96. The number of nitrogens with one attached hydrogen (secondary N) is 1. The molecule has 152 valence electrons. The average Bonchev–Trinajstić information content (AvgIpc) is 3.49. The van der Waals surface area contributed by atoms with Crippen LogP contribution in [0.1, 0.15) is 47.7 Å². The SMILES string of the molecule is CN(C)/C=C(\C#N)C(=O)c1cc2cc(C3CC3)c(OSC3CCOCC3)cc2[nH]1. The molecule has 1 saturated heterocycles. The van der Waals surface area contributed by atoms with Crippen LogP contribution in [0.3, 0.4) is 0 Å². The van der Waals surface area contributed by atoms with Crippen molar-refractivity contribution in [2.45, 2.75) is 36.9 Å². The zero-order valence-electron chi connectivity index (χ0n) is 16.7. The highest BCUT2D eigenvalue weighted by Crippen LogP contribution is 2.46. The van der Waals surface area contributed by atoms with Crippen molar-refractivity contribution >= 4 is 28.7 Å². The first kappa shape index (κ1) is 19.9. The zero-order valence-corrected chi connectivity index (χ0v) is 17.6. The molecule has 0 unspecified atom stereocenters. The molecule has 0 spiro atoms. The standard InChI is InChI=1S/C22H25N3O3S/c1-25(2)13-16(12-23)22(26)20-10-15-9-18(14-3-4-14)21(11-19(15)24-20)28-29-17-5-7-27-8-6-17/h9-11,13-14,17,24H,3-8H2,1-2H3/b16-13+. The topological polar surface area (TPSA) is 78.3 Å². The van der Waals surface area contributed by atoms with Crippen LogP contribution in [0.5, 0.6) is 5.75 Å². The summed E-state index contributed by atoms with van der Waals surface area (Å²) < 4.78 is 11.6. The maximum Gasteiger partial charge on any atom is 0.221 e. The number of allylic oxidation sites excluding steroid dienone is 1. The Bertz CT molecular complexity index is 979. The molecule has 1 saturated carbocycles. The van der Waals surface area contributed by atoms with E-state index in [4.69, 9.17) is 8.92 Å². The van der Waals surface area contributed by atoms with Crippen LogP contribution in [0.15, 0.2) is 30.0 Å². The van der Waals surface area contributed by atoms with E-state index in [1.807, 2.05) is 18.2 Å². The quantitative estimate of drug-likeness (QED) is 0.315. The highest BCUT2D eigenvalue weighted by Gasteiger charge is 2.29. The fourth-order valence-corrected chi connectivity index (χ4v) is 4.29. The van der Waals surface area contributed by atoms with E-state index in [2.05, 4.69) is 11.1 Å². The molecule has 1 N–H and O–H groups in total. The molecule has 6 nitrogen and oxygen atoms in total. The largest absolute Gasteiger partial charge is 0.425 e. The number of aromatic nitrogens is 1. The number of carbonyl (C=O) groups is 1. The Balaban J connectivity index is 1.61. The molecule has 1 aliphatic heterocycles. The molecule has 1 aromatic carbocycles. The Morgan fingerprint density at radius 2 is 2.03 bits per heavy atom. The minimum absolute atomic E-state index is 0.107. The van der Waals surface area contributed by atoms with Crippen LogP contribution in [0.2, 0.25) is 0 Å². The highest BCUT2D eigenvalue weighted by molar-refractivity contribution is 7.95. The van der Waals surface area contributed by atoms with E-state index in [0.29, 0.717) is 16.9 Å². The minimum atomic E-state index is -0.301. The molecule has 2 aromatic rings. The summed E-state index contributed by atoms with van der Waals surface area (Å²) in [5, 5.41) is 10.8. The van der Waals surface area contributed by atoms with Gasteiger partial charge in [-0.15, -0.1) is 0 Å². The predicted octanol–water partition coefficient (Wildman–Crippen LogP) is 4.40. The van der Waals surface area contributed by atoms with Crippen LogP contribution in [0.4, 0.5) is 0 Å². The Labute approximate surface area is 175 Å². The van der Waals surface area contributed by atoms with E-state index >= 15 is 0 Å². The maximum atomic E-state index is 12.7. The molecule has 2 fully saturated rings. The van der Waals surface area contributed by atoms with E-state index < -0.39 is 0 Å². The molecule has 0 amide bonds. The average molecular weight is 412 g/mol. The van der Waals surface area contributed by atoms with Crippen LogP contribution >= 0.6 is 12.0 Å². The molecule has 29 heavy (non-hydrogen) atoms. The van der Waals surface area contributed by atoms with E-state index in [9.17, 15) is 10.1 Å². The summed E-state index contributed by atoms with van der Waals surface area (Å²) in [7, 11) is 3.58. The summed E-state index contributed by atoms with van der Waals surface area (Å²) in [6.07, 6.45) is 5.89. The number of aromatic amines is 1. The summed E-state index contributed by atoms with van der Waals surface area (Å²) in [4.78, 5) is 17.6. The summed E-state index contributed by atoms with van der Waals surface area (Å²) >= 11 is 1.53. The highest BCUT2D eigenvalue weighted by atomic mass is 32.2. The Morgan fingerprint density at radius 1 is 1.28 bits per heavy atom. The van der Waals surface area contributed by atoms with Crippen molar-refractivity contribution in [2.75, 3.05) is 27.3 Å². The molecular weight excluding hydrogens is 386 g/mol. The monoisotopic (exact) mass is 411 g/mol. The number of hydrogen-bond acceptors (Lipinski definition) is 6. The first-order valence-corrected chi connectivity index (χ1v) is 10.8. The van der Waals surface area contributed by atoms with Crippen molar-refractivity contribution in [2.24, 2.45) is 0 Å². The lowest BCUT2D eigenvalue weighted by Crippen LogP contribution is -2.18. The van der Waals surface area contributed by atoms with Gasteiger partial charge in [-0.25, -0.2) is 0 Å². The van der Waals surface area contributed by atoms with Gasteiger partial charge in [0, 0.05) is 55.7 Å². The summed E-state index contributed by atoms with van der Waals surface area (Å²) in [5.41, 5.74) is 2.59. The Hall–Kier alpha value is -2.43. The number of nitriles is 1. The van der Waals surface area contributed by atoms with Gasteiger partial charge in [-0.05, 0) is 49.3 Å². The number of hydrogen-bond donors (Lipinski definition) is 1. The van der Waals surface area contributed by atoms with E-state index in [1.165, 1.54) is 30.4 Å². The van der Waals surface area contributed by atoms with Crippen molar-refractivity contribution in [3.05, 3.63) is 41.2 Å². The number of rotatable bonds is 7. The van der Waals surface area contributed by atoms with Gasteiger partial charge in [-0.3, -0.25) is 4.79 Å². The number of fused-ring (bicyclic) bond motifs is 1. The fourth-order valence-electron chi connectivity index (χ4n) is 3.52. The van der Waals surface area contributed by atoms with Crippen LogP contribution < -0.4 is 4.18 Å². The molecular formula is C22H25N3O3S. The molecule has 2 aliphatic rings. The second kappa shape index (κ2) is 8.52. The second-order valence-electron chi connectivity index (χ2n) is 7.87. The number of nitrogens with zero attached hydrogens (tertiary/aromatic N) is 2. The van der Waals surface area contributed by atoms with Crippen LogP contribution in [0.25, 0.3) is 10.9 Å². The molecule has 0 radical (unpaired) electrons. The predicted molar refractivity (Wildman–Crippen MR) is 114 cm³/mol. The van der Waals surface area contributed by atoms with Crippen LogP contribution in [0, 0.1) is 11.3 Å². The lowest BCUT2D eigenvalue weighted by atomic mass is 10.1. The van der Waals surface area contributed by atoms with Crippen LogP contribution in [-0.4, -0.2) is 48.2 Å². The molecule has 0 bridgehead atoms. The normalized spacial score (nSPS) is 17.9. The van der Waals surface area contributed by atoms with E-state index in [1.54, 1.807) is 25.2 Å². The van der Waals surface area contributed by atoms with E-state index in [0.717, 1.165) is 42.7 Å². The number of Topliss-reactive ketones (excluding diaryl/α,β-unsaturated/α-hetero) is 1. The van der Waals surface area contributed by atoms with Crippen molar-refractivity contribution in [3.63, 3.8) is 0 Å². The maximum absolute atomic E-state index is 12.7. The van der Waals surface area contributed by atoms with Gasteiger partial charge in [0.05, 0.1) is 17.7 Å². The third-order valence-electron chi connectivity index (χ3n) is 5.21. The molecule has 4 rings (SSSR count). The lowest BCUT2D eigenvalue weighted by molar-refractivity contribution is 0.0993. The number of H-pyrrole nitrogens is 1. The van der Waals surface area contributed by atoms with E-state index in [-0.39, 0.29) is 11.4 Å². The van der Waals surface area contributed by atoms with Crippen LogP contribution in [-0.2, 0) is 4.74 Å². The zero-order chi connectivity index (χ0) is 20.4. The molecule has 0 atom stereocenters. The second-order valence-corrected chi connectivity index (χ2v) is 8.90. The van der Waals surface area contributed by atoms with Gasteiger partial charge in [0.15, 0.2) is 0 Å². The van der Waals surface area contributed by atoms with Crippen molar-refractivity contribution in [1.29, 1.82) is 5.26 Å². The number of ether oxygens (including phenoxy) is 1. The fraction of sp³-hybridized carbons (Fsp3) is 0.455. The first-order chi connectivity index (χ1) is 14.0. The van der Waals surface area contributed by atoms with Gasteiger partial charge >= 0.3 is 0 Å². The third kappa shape index (κ3) is 4.60. The number of benzene rings is 1. The summed E-state index contributed by atoms with van der Waals surface area (Å²) in [6.45, 7) is 1.58. The van der Waals surface area contributed by atoms with Gasteiger partial charge in [-0.1, -0.05) is 0 Å². The van der Waals surface area contributed by atoms with Gasteiger partial charge in [0.2, 0.25) is 5.78 Å². The van der Waals surface area contributed by atoms with Crippen molar-refractivity contribution < 1.29 is 13.7 Å². The summed E-state index contributed by atoms with van der Waals surface area (Å²) in [5.74, 6) is 1.10. The smallest absolute Gasteiger partial charge is 0.221 e. The Kier molecular flexibility index (Phi) is 5.84. The molecule has 1 aliphatic carbocycles. The Morgan fingerprint density at radius 3 is 2.69 bits per heavy atom. The minimum Gasteiger partial charge on any atom is -0.425 e. The molecule has 1 aromatic heterocycles.